The van der Waals surface area contributed by atoms with E-state index in [-0.39, 0.29) is 4.90 Å². The van der Waals surface area contributed by atoms with Crippen LogP contribution in [0.15, 0.2) is 53.4 Å². The lowest BCUT2D eigenvalue weighted by molar-refractivity contribution is -0.118. The van der Waals surface area contributed by atoms with Crippen molar-refractivity contribution < 1.29 is 13.2 Å². The number of rotatable bonds is 4. The Balaban J connectivity index is 1.84. The molecular weight excluding hydrogens is 344 g/mol. The summed E-state index contributed by atoms with van der Waals surface area (Å²) in [6, 6.07) is 14.0. The van der Waals surface area contributed by atoms with Gasteiger partial charge < -0.3 is 5.32 Å². The predicted molar refractivity (Wildman–Crippen MR) is 96.7 cm³/mol. The molecule has 0 radical (unpaired) electrons. The van der Waals surface area contributed by atoms with Crippen molar-refractivity contribution in [1.29, 1.82) is 0 Å². The van der Waals surface area contributed by atoms with Gasteiger partial charge in [-0.1, -0.05) is 30.3 Å². The van der Waals surface area contributed by atoms with Crippen LogP contribution in [0.1, 0.15) is 16.4 Å². The maximum Gasteiger partial charge on any atom is 0.264 e. The van der Waals surface area contributed by atoms with Crippen molar-refractivity contribution >= 4 is 33.4 Å². The van der Waals surface area contributed by atoms with Crippen molar-refractivity contribution in [3.05, 3.63) is 59.7 Å². The Bertz CT molecular complexity index is 866. The van der Waals surface area contributed by atoms with Gasteiger partial charge in [-0.2, -0.15) is 0 Å². The van der Waals surface area contributed by atoms with Gasteiger partial charge in [-0.3, -0.25) is 4.79 Å². The number of fused-ring (bicyclic) bond motifs is 1. The molecule has 0 spiro atoms. The number of carbonyl (C=O) groups excluding carboxylic acids is 1. The standard InChI is InChI=1S/C17H18N2O3S2/c1-18-13-6-4-7-14(11-13)24(21,22)19-17(20)16-15-8-3-2-5-12(15)9-10-23-16/h2-8,11,16,18H,9-10H2,1H3,(H,19,20). The first kappa shape index (κ1) is 16.9. The molecular formula is C17H18N2O3S2. The number of anilines is 1. The van der Waals surface area contributed by atoms with Gasteiger partial charge in [0.1, 0.15) is 5.25 Å². The third kappa shape index (κ3) is 3.42. The molecule has 2 aromatic carbocycles. The van der Waals surface area contributed by atoms with Crippen LogP contribution in [0.3, 0.4) is 0 Å². The van der Waals surface area contributed by atoms with Crippen molar-refractivity contribution in [3.63, 3.8) is 0 Å². The average molecular weight is 362 g/mol. The highest BCUT2D eigenvalue weighted by molar-refractivity contribution is 8.00. The molecule has 1 amide bonds. The number of carbonyl (C=O) groups is 1. The summed E-state index contributed by atoms with van der Waals surface area (Å²) in [4.78, 5) is 12.6. The molecule has 7 heteroatoms. The van der Waals surface area contributed by atoms with E-state index in [0.717, 1.165) is 23.3 Å². The number of sulfonamides is 1. The Morgan fingerprint density at radius 1 is 1.17 bits per heavy atom. The highest BCUT2D eigenvalue weighted by Gasteiger charge is 2.30. The third-order valence-electron chi connectivity index (χ3n) is 3.90. The van der Waals surface area contributed by atoms with Gasteiger partial charge in [0.25, 0.3) is 15.9 Å². The zero-order valence-corrected chi connectivity index (χ0v) is 14.8. The van der Waals surface area contributed by atoms with Crippen LogP contribution in [0, 0.1) is 0 Å². The van der Waals surface area contributed by atoms with Crippen LogP contribution >= 0.6 is 11.8 Å². The number of nitrogens with one attached hydrogen (secondary N) is 2. The fraction of sp³-hybridized carbons (Fsp3) is 0.235. The smallest absolute Gasteiger partial charge is 0.264 e. The summed E-state index contributed by atoms with van der Waals surface area (Å²) in [6.07, 6.45) is 0.890. The molecule has 1 atom stereocenters. The second kappa shape index (κ2) is 6.86. The van der Waals surface area contributed by atoms with Crippen molar-refractivity contribution in [3.8, 4) is 0 Å². The van der Waals surface area contributed by atoms with Gasteiger partial charge in [0.15, 0.2) is 0 Å². The predicted octanol–water partition coefficient (Wildman–Crippen LogP) is 2.56. The molecule has 0 aliphatic carbocycles. The van der Waals surface area contributed by atoms with Crippen molar-refractivity contribution in [2.45, 2.75) is 16.6 Å². The normalized spacial score (nSPS) is 17.0. The fourth-order valence-electron chi connectivity index (χ4n) is 2.67. The van der Waals surface area contributed by atoms with E-state index in [1.807, 2.05) is 24.3 Å². The van der Waals surface area contributed by atoms with Crippen molar-refractivity contribution in [1.82, 2.24) is 4.72 Å². The van der Waals surface area contributed by atoms with Crippen molar-refractivity contribution in [2.75, 3.05) is 18.1 Å². The molecule has 5 nitrogen and oxygen atoms in total. The Morgan fingerprint density at radius 2 is 1.96 bits per heavy atom. The average Bonchev–Trinajstić information content (AvgIpc) is 2.61. The topological polar surface area (TPSA) is 75.3 Å². The molecule has 1 aliphatic rings. The number of thioether (sulfide) groups is 1. The number of benzene rings is 2. The SMILES string of the molecule is CNc1cccc(S(=O)(=O)NC(=O)C2SCCc3ccccc32)c1. The molecule has 1 heterocycles. The van der Waals surface area contributed by atoms with Crippen LogP contribution in [0.4, 0.5) is 5.69 Å². The number of amides is 1. The van der Waals surface area contributed by atoms with Gasteiger partial charge >= 0.3 is 0 Å². The number of aryl methyl sites for hydroxylation is 1. The van der Waals surface area contributed by atoms with E-state index in [0.29, 0.717) is 5.69 Å². The molecule has 0 saturated carbocycles. The number of hydrogen-bond donors (Lipinski definition) is 2. The highest BCUT2D eigenvalue weighted by Crippen LogP contribution is 2.37. The Labute approximate surface area is 145 Å². The maximum absolute atomic E-state index is 12.6. The van der Waals surface area contributed by atoms with Gasteiger partial charge in [-0.25, -0.2) is 13.1 Å². The van der Waals surface area contributed by atoms with E-state index in [1.54, 1.807) is 19.2 Å². The lowest BCUT2D eigenvalue weighted by Crippen LogP contribution is -2.35. The van der Waals surface area contributed by atoms with E-state index >= 15 is 0 Å². The Morgan fingerprint density at radius 3 is 2.75 bits per heavy atom. The largest absolute Gasteiger partial charge is 0.388 e. The first-order chi connectivity index (χ1) is 11.5. The second-order valence-corrected chi connectivity index (χ2v) is 8.34. The Kier molecular flexibility index (Phi) is 4.82. The molecule has 0 bridgehead atoms. The summed E-state index contributed by atoms with van der Waals surface area (Å²) in [7, 11) is -2.19. The minimum Gasteiger partial charge on any atom is -0.388 e. The monoisotopic (exact) mass is 362 g/mol. The van der Waals surface area contributed by atoms with Crippen LogP contribution in [-0.4, -0.2) is 27.1 Å². The fourth-order valence-corrected chi connectivity index (χ4v) is 4.98. The quantitative estimate of drug-likeness (QED) is 0.874. The van der Waals surface area contributed by atoms with E-state index in [1.165, 1.54) is 23.9 Å². The van der Waals surface area contributed by atoms with E-state index in [4.69, 9.17) is 0 Å². The minimum atomic E-state index is -3.90. The summed E-state index contributed by atoms with van der Waals surface area (Å²) in [5.74, 6) is 0.298. The van der Waals surface area contributed by atoms with Crippen molar-refractivity contribution in [2.24, 2.45) is 0 Å². The summed E-state index contributed by atoms with van der Waals surface area (Å²) < 4.78 is 27.2. The van der Waals surface area contributed by atoms with Crippen LogP contribution < -0.4 is 10.0 Å². The zero-order chi connectivity index (χ0) is 17.2. The van der Waals surface area contributed by atoms with Gasteiger partial charge in [0.2, 0.25) is 0 Å². The molecule has 126 valence electrons. The molecule has 3 rings (SSSR count). The summed E-state index contributed by atoms with van der Waals surface area (Å²) in [5, 5.41) is 2.39. The highest BCUT2D eigenvalue weighted by atomic mass is 32.2. The molecule has 1 unspecified atom stereocenters. The first-order valence-electron chi connectivity index (χ1n) is 7.55. The lowest BCUT2D eigenvalue weighted by Gasteiger charge is -2.24. The lowest BCUT2D eigenvalue weighted by atomic mass is 10.0. The maximum atomic E-state index is 12.6. The van der Waals surface area contributed by atoms with Gasteiger partial charge in [-0.15, -0.1) is 11.8 Å². The summed E-state index contributed by atoms with van der Waals surface area (Å²) in [5.41, 5.74) is 2.67. The van der Waals surface area contributed by atoms with Gasteiger partial charge in [0, 0.05) is 12.7 Å². The molecule has 0 fully saturated rings. The van der Waals surface area contributed by atoms with E-state index in [2.05, 4.69) is 10.0 Å². The molecule has 0 saturated heterocycles. The molecule has 0 aromatic heterocycles. The summed E-state index contributed by atoms with van der Waals surface area (Å²) in [6.45, 7) is 0. The third-order valence-corrected chi connectivity index (χ3v) is 6.49. The molecule has 1 aliphatic heterocycles. The molecule has 2 N–H and O–H groups in total. The Hall–Kier alpha value is -1.99. The van der Waals surface area contributed by atoms with E-state index < -0.39 is 21.2 Å². The minimum absolute atomic E-state index is 0.0665. The van der Waals surface area contributed by atoms with E-state index in [9.17, 15) is 13.2 Å². The zero-order valence-electron chi connectivity index (χ0n) is 13.2. The van der Waals surface area contributed by atoms with Gasteiger partial charge in [-0.05, 0) is 41.5 Å². The second-order valence-electron chi connectivity index (χ2n) is 5.45. The molecule has 2 aromatic rings. The number of hydrogen-bond acceptors (Lipinski definition) is 5. The first-order valence-corrected chi connectivity index (χ1v) is 10.1. The van der Waals surface area contributed by atoms with Crippen LogP contribution in [0.2, 0.25) is 0 Å². The van der Waals surface area contributed by atoms with Gasteiger partial charge in [0.05, 0.1) is 4.90 Å². The summed E-state index contributed by atoms with van der Waals surface area (Å²) >= 11 is 1.47. The van der Waals surface area contributed by atoms with Crippen LogP contribution in [0.25, 0.3) is 0 Å². The van der Waals surface area contributed by atoms with Crippen LogP contribution in [-0.2, 0) is 21.2 Å². The molecule has 24 heavy (non-hydrogen) atoms. The van der Waals surface area contributed by atoms with Crippen LogP contribution in [0.5, 0.6) is 0 Å².